The molecule has 414 valence electrons. The number of benzene rings is 4. The molecule has 2 saturated heterocycles. The van der Waals surface area contributed by atoms with Crippen LogP contribution in [0.2, 0.25) is 0 Å². The van der Waals surface area contributed by atoms with E-state index in [4.69, 9.17) is 0 Å². The quantitative estimate of drug-likeness (QED) is 0.0799. The van der Waals surface area contributed by atoms with Gasteiger partial charge in [0, 0.05) is 130 Å². The number of ether oxygens (including phenoxy) is 1. The highest BCUT2D eigenvalue weighted by molar-refractivity contribution is 5.99. The van der Waals surface area contributed by atoms with Crippen molar-refractivity contribution in [3.05, 3.63) is 148 Å². The number of hydrogen-bond acceptors (Lipinski definition) is 13. The zero-order chi connectivity index (χ0) is 56.5. The standard InChI is InChI=1S/C28H30F3N7O2.C28H30F3N7O/c1-18-5-6-20(11-26(18)38-17-25(33-34-38)24-16-32-36(4)19(24)2)12-27(39)21-13-22(37-9-7-35(3)8-10-37)15-23(14-21)40-28(29,30)31;1-18-5-6-20(11-26(18)38-17-25(33-34-38)24-16-32-36(4)19(24)2)12-27(39)21-13-22(28(29,30)31)15-23(14-21)37-9-7-35(3)8-10-37/h5-6,11,13-17H,7-10,12H2,1-4H3;5-6,11,13-17H,7-10,12H2,1-4H3. The summed E-state index contributed by atoms with van der Waals surface area (Å²) >= 11 is 0. The molecular formula is C56H60F6N14O3. The van der Waals surface area contributed by atoms with E-state index in [0.29, 0.717) is 60.1 Å². The molecule has 10 rings (SSSR count). The lowest BCUT2D eigenvalue weighted by molar-refractivity contribution is -0.274. The molecule has 0 radical (unpaired) electrons. The third kappa shape index (κ3) is 13.1. The van der Waals surface area contributed by atoms with Gasteiger partial charge in [-0.2, -0.15) is 23.4 Å². The van der Waals surface area contributed by atoms with Crippen molar-refractivity contribution in [3.8, 4) is 39.6 Å². The summed E-state index contributed by atoms with van der Waals surface area (Å²) in [6.45, 7) is 13.3. The smallest absolute Gasteiger partial charge is 0.406 e. The summed E-state index contributed by atoms with van der Waals surface area (Å²) in [6.07, 6.45) is -2.39. The number of anilines is 2. The zero-order valence-electron chi connectivity index (χ0n) is 45.1. The first-order chi connectivity index (χ1) is 37.5. The van der Waals surface area contributed by atoms with E-state index in [2.05, 4.69) is 45.4 Å². The molecule has 2 aliphatic rings. The largest absolute Gasteiger partial charge is 0.573 e. The number of halogens is 6. The second-order valence-corrected chi connectivity index (χ2v) is 20.2. The van der Waals surface area contributed by atoms with Crippen molar-refractivity contribution in [2.45, 2.75) is 53.1 Å². The number of Topliss-reactive ketones (excluding diaryl/α,β-unsaturated/α-hetero) is 2. The summed E-state index contributed by atoms with van der Waals surface area (Å²) in [4.78, 5) is 34.8. The molecule has 2 aliphatic heterocycles. The van der Waals surface area contributed by atoms with Crippen molar-refractivity contribution >= 4 is 22.9 Å². The Morgan fingerprint density at radius 3 is 1.38 bits per heavy atom. The summed E-state index contributed by atoms with van der Waals surface area (Å²) in [5, 5.41) is 25.6. The minimum Gasteiger partial charge on any atom is -0.406 e. The number of aromatic nitrogens is 10. The Hall–Kier alpha value is -8.18. The number of ketones is 2. The average molecular weight is 1090 g/mol. The lowest BCUT2D eigenvalue weighted by atomic mass is 9.98. The molecular weight excluding hydrogens is 1030 g/mol. The molecule has 79 heavy (non-hydrogen) atoms. The second kappa shape index (κ2) is 22.7. The number of nitrogens with zero attached hydrogens (tertiary/aromatic N) is 14. The minimum absolute atomic E-state index is 0.00576. The number of likely N-dealkylation sites (N-methyl/N-ethyl adjacent to an activating group) is 2. The topological polar surface area (TPSA) is 153 Å². The van der Waals surface area contributed by atoms with Gasteiger partial charge in [-0.1, -0.05) is 34.7 Å². The normalized spacial score (nSPS) is 14.6. The molecule has 0 aliphatic carbocycles. The molecule has 0 bridgehead atoms. The first-order valence-corrected chi connectivity index (χ1v) is 25.5. The monoisotopic (exact) mass is 1090 g/mol. The van der Waals surface area contributed by atoms with E-state index in [9.17, 15) is 35.9 Å². The van der Waals surface area contributed by atoms with E-state index in [1.807, 2.05) is 102 Å². The van der Waals surface area contributed by atoms with Gasteiger partial charge in [0.25, 0.3) is 0 Å². The highest BCUT2D eigenvalue weighted by Crippen LogP contribution is 2.35. The summed E-state index contributed by atoms with van der Waals surface area (Å²) in [5.74, 6) is -1.10. The summed E-state index contributed by atoms with van der Waals surface area (Å²) in [6, 6.07) is 18.9. The molecule has 0 N–H and O–H groups in total. The number of rotatable bonds is 13. The van der Waals surface area contributed by atoms with Gasteiger partial charge in [0.2, 0.25) is 0 Å². The third-order valence-electron chi connectivity index (χ3n) is 14.5. The van der Waals surface area contributed by atoms with Crippen molar-refractivity contribution in [1.29, 1.82) is 0 Å². The Balaban J connectivity index is 0.000000192. The summed E-state index contributed by atoms with van der Waals surface area (Å²) in [7, 11) is 7.68. The predicted octanol–water partition coefficient (Wildman–Crippen LogP) is 8.84. The fraction of sp³-hybridized carbons (Fsp3) is 0.357. The maximum atomic E-state index is 13.7. The Morgan fingerprint density at radius 2 is 0.975 bits per heavy atom. The Kier molecular flexibility index (Phi) is 15.9. The molecule has 0 spiro atoms. The minimum atomic E-state index is -4.86. The molecule has 0 saturated carbocycles. The Morgan fingerprint density at radius 1 is 0.544 bits per heavy atom. The fourth-order valence-corrected chi connectivity index (χ4v) is 9.48. The van der Waals surface area contributed by atoms with Crippen LogP contribution in [0, 0.1) is 27.7 Å². The van der Waals surface area contributed by atoms with Crippen LogP contribution in [0.3, 0.4) is 0 Å². The van der Waals surface area contributed by atoms with Gasteiger partial charge in [0.05, 0.1) is 41.7 Å². The lowest BCUT2D eigenvalue weighted by Crippen LogP contribution is -2.44. The molecule has 0 unspecified atom stereocenters. The predicted molar refractivity (Wildman–Crippen MR) is 286 cm³/mol. The molecule has 17 nitrogen and oxygen atoms in total. The first kappa shape index (κ1) is 55.6. The van der Waals surface area contributed by atoms with Gasteiger partial charge in [-0.15, -0.1) is 23.4 Å². The van der Waals surface area contributed by atoms with Gasteiger partial charge >= 0.3 is 12.5 Å². The zero-order valence-corrected chi connectivity index (χ0v) is 45.1. The maximum absolute atomic E-state index is 13.7. The first-order valence-electron chi connectivity index (χ1n) is 25.5. The van der Waals surface area contributed by atoms with Crippen molar-refractivity contribution < 1.29 is 40.7 Å². The number of aryl methyl sites for hydroxylation is 4. The van der Waals surface area contributed by atoms with Crippen LogP contribution in [-0.2, 0) is 33.1 Å². The van der Waals surface area contributed by atoms with Gasteiger partial charge in [-0.3, -0.25) is 19.0 Å². The van der Waals surface area contributed by atoms with E-state index in [-0.39, 0.29) is 35.5 Å². The van der Waals surface area contributed by atoms with Crippen LogP contribution < -0.4 is 14.5 Å². The highest BCUT2D eigenvalue weighted by Gasteiger charge is 2.34. The Bertz CT molecular complexity index is 3510. The number of hydrogen-bond donors (Lipinski definition) is 0. The van der Waals surface area contributed by atoms with Crippen LogP contribution in [0.4, 0.5) is 37.7 Å². The Labute approximate surface area is 452 Å². The van der Waals surface area contributed by atoms with Crippen molar-refractivity contribution in [1.82, 2.24) is 59.3 Å². The molecule has 2 fully saturated rings. The van der Waals surface area contributed by atoms with Crippen molar-refractivity contribution in [3.63, 3.8) is 0 Å². The van der Waals surface area contributed by atoms with Gasteiger partial charge in [0.1, 0.15) is 17.1 Å². The number of alkyl halides is 6. The third-order valence-corrected chi connectivity index (χ3v) is 14.5. The average Bonchev–Trinajstić information content (AvgIpc) is 4.35. The number of carbonyl (C=O) groups is 2. The van der Waals surface area contributed by atoms with Crippen LogP contribution in [0.25, 0.3) is 33.9 Å². The van der Waals surface area contributed by atoms with E-state index >= 15 is 0 Å². The van der Waals surface area contributed by atoms with E-state index in [1.54, 1.807) is 55.6 Å². The van der Waals surface area contributed by atoms with Gasteiger partial charge in [-0.25, -0.2) is 9.36 Å². The summed E-state index contributed by atoms with van der Waals surface area (Å²) in [5.41, 5.74) is 10.0. The van der Waals surface area contributed by atoms with Crippen LogP contribution in [0.5, 0.6) is 5.75 Å². The van der Waals surface area contributed by atoms with E-state index < -0.39 is 23.9 Å². The van der Waals surface area contributed by atoms with Crippen LogP contribution in [-0.4, -0.2) is 144 Å². The van der Waals surface area contributed by atoms with Crippen LogP contribution >= 0.6 is 0 Å². The van der Waals surface area contributed by atoms with Crippen LogP contribution in [0.1, 0.15) is 59.9 Å². The fourth-order valence-electron chi connectivity index (χ4n) is 9.48. The SMILES string of the molecule is Cc1ccc(CC(=O)c2cc(N3CCN(C)CC3)cc(C(F)(F)F)c2)cc1-n1cc(-c2cnn(C)c2C)nn1.Cc1ccc(CC(=O)c2cc(OC(F)(F)F)cc(N3CCN(C)CC3)c2)cc1-n1cc(-c2cnn(C)c2C)nn1. The van der Waals surface area contributed by atoms with Gasteiger partial charge < -0.3 is 24.3 Å². The van der Waals surface area contributed by atoms with Gasteiger partial charge in [0.15, 0.2) is 11.6 Å². The highest BCUT2D eigenvalue weighted by atomic mass is 19.4. The maximum Gasteiger partial charge on any atom is 0.573 e. The van der Waals surface area contributed by atoms with Gasteiger partial charge in [-0.05, 0) is 107 Å². The number of carbonyl (C=O) groups excluding carboxylic acids is 2. The molecule has 8 aromatic rings. The molecule has 6 heterocycles. The summed E-state index contributed by atoms with van der Waals surface area (Å²) < 4.78 is 91.5. The molecule has 0 atom stereocenters. The molecule has 0 amide bonds. The van der Waals surface area contributed by atoms with E-state index in [1.165, 1.54) is 6.07 Å². The van der Waals surface area contributed by atoms with Crippen molar-refractivity contribution in [2.75, 3.05) is 76.3 Å². The lowest BCUT2D eigenvalue weighted by Gasteiger charge is -2.34. The molecule has 4 aromatic carbocycles. The van der Waals surface area contributed by atoms with E-state index in [0.717, 1.165) is 89.4 Å². The van der Waals surface area contributed by atoms with Crippen molar-refractivity contribution in [2.24, 2.45) is 14.1 Å². The molecule has 4 aromatic heterocycles. The molecule has 23 heteroatoms. The number of piperazine rings is 2. The van der Waals surface area contributed by atoms with Crippen LogP contribution in [0.15, 0.2) is 97.6 Å². The second-order valence-electron chi connectivity index (χ2n) is 20.2.